The molecule has 134 valence electrons. The highest BCUT2D eigenvalue weighted by Crippen LogP contribution is 2.22. The normalized spacial score (nSPS) is 11.2. The van der Waals surface area contributed by atoms with Gasteiger partial charge < -0.3 is 14.4 Å². The quantitative estimate of drug-likeness (QED) is 0.708. The van der Waals surface area contributed by atoms with E-state index in [1.807, 2.05) is 13.0 Å². The first kappa shape index (κ1) is 17.7. The predicted molar refractivity (Wildman–Crippen MR) is 102 cm³/mol. The van der Waals surface area contributed by atoms with Crippen LogP contribution in [0.25, 0.3) is 11.8 Å². The number of hydrogen-bond acceptors (Lipinski definition) is 3. The third-order valence-corrected chi connectivity index (χ3v) is 4.29. The van der Waals surface area contributed by atoms with Crippen molar-refractivity contribution in [3.63, 3.8) is 0 Å². The highest BCUT2D eigenvalue weighted by molar-refractivity contribution is 5.91. The molecule has 1 amide bonds. The molecule has 5 heteroatoms. The fraction of sp³-hybridized carbons (Fsp3) is 0.238. The first-order valence-corrected chi connectivity index (χ1v) is 8.58. The van der Waals surface area contributed by atoms with Crippen molar-refractivity contribution in [3.8, 4) is 5.69 Å². The Morgan fingerprint density at radius 1 is 1.15 bits per heavy atom. The molecule has 26 heavy (non-hydrogen) atoms. The Bertz CT molecular complexity index is 946. The maximum Gasteiger partial charge on any atom is 0.244 e. The van der Waals surface area contributed by atoms with Crippen molar-refractivity contribution >= 4 is 12.0 Å². The molecule has 3 aromatic rings. The van der Waals surface area contributed by atoms with Crippen molar-refractivity contribution in [2.45, 2.75) is 34.2 Å². The number of aryl methyl sites for hydroxylation is 3. The lowest BCUT2D eigenvalue weighted by molar-refractivity contribution is -0.116. The van der Waals surface area contributed by atoms with Gasteiger partial charge in [0.1, 0.15) is 0 Å². The van der Waals surface area contributed by atoms with Crippen LogP contribution in [0.2, 0.25) is 0 Å². The van der Waals surface area contributed by atoms with Crippen molar-refractivity contribution in [2.75, 3.05) is 0 Å². The van der Waals surface area contributed by atoms with E-state index in [1.165, 1.54) is 5.56 Å². The van der Waals surface area contributed by atoms with Crippen LogP contribution in [0.1, 0.15) is 34.0 Å². The van der Waals surface area contributed by atoms with Crippen LogP contribution in [0.3, 0.4) is 0 Å². The van der Waals surface area contributed by atoms with Gasteiger partial charge in [-0.15, -0.1) is 0 Å². The van der Waals surface area contributed by atoms with Crippen molar-refractivity contribution in [3.05, 3.63) is 76.4 Å². The SMILES string of the molecule is Cc1ccc(-n2c(C)cc(/C=C\C(=O)NCc3cc(C)no3)c2C)cc1. The number of rotatable bonds is 5. The summed E-state index contributed by atoms with van der Waals surface area (Å²) in [5.41, 5.74) is 6.40. The number of hydrogen-bond donors (Lipinski definition) is 1. The third kappa shape index (κ3) is 3.94. The average Bonchev–Trinajstić information content (AvgIpc) is 3.15. The zero-order valence-corrected chi connectivity index (χ0v) is 15.5. The smallest absolute Gasteiger partial charge is 0.244 e. The van der Waals surface area contributed by atoms with E-state index in [2.05, 4.69) is 66.1 Å². The summed E-state index contributed by atoms with van der Waals surface area (Å²) in [6, 6.07) is 12.3. The Labute approximate surface area is 153 Å². The summed E-state index contributed by atoms with van der Waals surface area (Å²) < 4.78 is 7.27. The molecule has 2 heterocycles. The number of nitrogens with one attached hydrogen (secondary N) is 1. The number of aromatic nitrogens is 2. The predicted octanol–water partition coefficient (Wildman–Crippen LogP) is 4.03. The van der Waals surface area contributed by atoms with Gasteiger partial charge in [-0.3, -0.25) is 4.79 Å². The summed E-state index contributed by atoms with van der Waals surface area (Å²) in [6.45, 7) is 8.37. The molecule has 0 radical (unpaired) electrons. The number of carbonyl (C=O) groups excluding carboxylic acids is 1. The molecule has 0 atom stereocenters. The minimum atomic E-state index is -0.167. The van der Waals surface area contributed by atoms with Crippen LogP contribution in [0.4, 0.5) is 0 Å². The zero-order valence-electron chi connectivity index (χ0n) is 15.5. The third-order valence-electron chi connectivity index (χ3n) is 4.29. The first-order valence-electron chi connectivity index (χ1n) is 8.58. The molecular formula is C21H23N3O2. The minimum absolute atomic E-state index is 0.167. The van der Waals surface area contributed by atoms with Crippen LogP contribution in [0.5, 0.6) is 0 Å². The van der Waals surface area contributed by atoms with Gasteiger partial charge in [-0.05, 0) is 57.5 Å². The number of nitrogens with zero attached hydrogens (tertiary/aromatic N) is 2. The van der Waals surface area contributed by atoms with Crippen molar-refractivity contribution in [2.24, 2.45) is 0 Å². The van der Waals surface area contributed by atoms with Crippen LogP contribution in [-0.4, -0.2) is 15.6 Å². The highest BCUT2D eigenvalue weighted by atomic mass is 16.5. The van der Waals surface area contributed by atoms with Gasteiger partial charge in [-0.25, -0.2) is 0 Å². The molecule has 0 bridgehead atoms. The van der Waals surface area contributed by atoms with E-state index < -0.39 is 0 Å². The second kappa shape index (κ2) is 7.44. The Balaban J connectivity index is 1.71. The van der Waals surface area contributed by atoms with E-state index >= 15 is 0 Å². The molecule has 5 nitrogen and oxygen atoms in total. The fourth-order valence-electron chi connectivity index (χ4n) is 2.95. The van der Waals surface area contributed by atoms with Gasteiger partial charge in [0.2, 0.25) is 5.91 Å². The molecule has 0 saturated carbocycles. The Hall–Kier alpha value is -3.08. The second-order valence-corrected chi connectivity index (χ2v) is 6.48. The monoisotopic (exact) mass is 349 g/mol. The van der Waals surface area contributed by atoms with E-state index in [0.29, 0.717) is 12.3 Å². The molecule has 0 unspecified atom stereocenters. The van der Waals surface area contributed by atoms with Crippen molar-refractivity contribution < 1.29 is 9.32 Å². The zero-order chi connectivity index (χ0) is 18.7. The molecule has 3 rings (SSSR count). The van der Waals surface area contributed by atoms with Gasteiger partial charge in [0.15, 0.2) is 5.76 Å². The van der Waals surface area contributed by atoms with Crippen LogP contribution in [0.15, 0.2) is 47.0 Å². The Kier molecular flexibility index (Phi) is 5.07. The molecule has 0 saturated heterocycles. The summed E-state index contributed by atoms with van der Waals surface area (Å²) >= 11 is 0. The van der Waals surface area contributed by atoms with Crippen LogP contribution < -0.4 is 5.32 Å². The lowest BCUT2D eigenvalue weighted by atomic mass is 10.2. The lowest BCUT2D eigenvalue weighted by Gasteiger charge is -2.09. The van der Waals surface area contributed by atoms with E-state index in [0.717, 1.165) is 28.3 Å². The van der Waals surface area contributed by atoms with Gasteiger partial charge in [-0.2, -0.15) is 0 Å². The van der Waals surface area contributed by atoms with Gasteiger partial charge in [0.05, 0.1) is 12.2 Å². The number of carbonyl (C=O) groups is 1. The number of benzene rings is 1. The largest absolute Gasteiger partial charge is 0.359 e. The molecule has 2 aromatic heterocycles. The molecule has 0 fully saturated rings. The first-order chi connectivity index (χ1) is 12.4. The highest BCUT2D eigenvalue weighted by Gasteiger charge is 2.09. The summed E-state index contributed by atoms with van der Waals surface area (Å²) in [4.78, 5) is 12.0. The van der Waals surface area contributed by atoms with Crippen molar-refractivity contribution in [1.82, 2.24) is 15.0 Å². The maximum atomic E-state index is 12.0. The van der Waals surface area contributed by atoms with Gasteiger partial charge in [0.25, 0.3) is 0 Å². The standard InChI is InChI=1S/C21H23N3O2/c1-14-5-8-19(9-6-14)24-16(3)12-18(17(24)4)7-10-21(25)22-13-20-11-15(2)23-26-20/h5-12H,13H2,1-4H3,(H,22,25)/b10-7-. The van der Waals surface area contributed by atoms with E-state index in [-0.39, 0.29) is 5.91 Å². The summed E-state index contributed by atoms with van der Waals surface area (Å²) in [5, 5.41) is 6.59. The summed E-state index contributed by atoms with van der Waals surface area (Å²) in [7, 11) is 0. The second-order valence-electron chi connectivity index (χ2n) is 6.48. The number of amides is 1. The van der Waals surface area contributed by atoms with E-state index in [4.69, 9.17) is 4.52 Å². The molecule has 0 spiro atoms. The van der Waals surface area contributed by atoms with E-state index in [1.54, 1.807) is 12.1 Å². The van der Waals surface area contributed by atoms with Crippen molar-refractivity contribution in [1.29, 1.82) is 0 Å². The topological polar surface area (TPSA) is 60.1 Å². The Morgan fingerprint density at radius 3 is 2.54 bits per heavy atom. The molecule has 0 aliphatic heterocycles. The molecular weight excluding hydrogens is 326 g/mol. The van der Waals surface area contributed by atoms with Crippen LogP contribution >= 0.6 is 0 Å². The average molecular weight is 349 g/mol. The molecule has 0 aliphatic carbocycles. The lowest BCUT2D eigenvalue weighted by Crippen LogP contribution is -2.19. The van der Waals surface area contributed by atoms with Gasteiger partial charge in [0, 0.05) is 29.2 Å². The molecule has 0 aliphatic rings. The van der Waals surface area contributed by atoms with E-state index in [9.17, 15) is 4.79 Å². The Morgan fingerprint density at radius 2 is 1.88 bits per heavy atom. The molecule has 1 aromatic carbocycles. The molecule has 1 N–H and O–H groups in total. The van der Waals surface area contributed by atoms with Gasteiger partial charge >= 0.3 is 0 Å². The van der Waals surface area contributed by atoms with Crippen LogP contribution in [0, 0.1) is 27.7 Å². The summed E-state index contributed by atoms with van der Waals surface area (Å²) in [5.74, 6) is 0.473. The maximum absolute atomic E-state index is 12.0. The van der Waals surface area contributed by atoms with Crippen LogP contribution in [-0.2, 0) is 11.3 Å². The van der Waals surface area contributed by atoms with Gasteiger partial charge in [-0.1, -0.05) is 22.9 Å². The fourth-order valence-corrected chi connectivity index (χ4v) is 2.95. The minimum Gasteiger partial charge on any atom is -0.359 e. The summed E-state index contributed by atoms with van der Waals surface area (Å²) in [6.07, 6.45) is 3.39.